The Morgan fingerprint density at radius 1 is 0.659 bits per heavy atom. The highest BCUT2D eigenvalue weighted by molar-refractivity contribution is 7.99. The number of ether oxygens (including phenoxy) is 2. The van der Waals surface area contributed by atoms with Crippen molar-refractivity contribution in [1.82, 2.24) is 0 Å². The molecule has 2 aromatic rings. The number of benzene rings is 2. The second-order valence-electron chi connectivity index (χ2n) is 15.1. The van der Waals surface area contributed by atoms with Crippen LogP contribution in [0.2, 0.25) is 0 Å². The van der Waals surface area contributed by atoms with Crippen molar-refractivity contribution in [1.29, 1.82) is 0 Å². The lowest BCUT2D eigenvalue weighted by Gasteiger charge is -2.28. The first kappa shape index (κ1) is 37.5. The normalized spacial score (nSPS) is 12.5. The Bertz CT molecular complexity index is 1240. The van der Waals surface area contributed by atoms with E-state index in [0.717, 1.165) is 33.4 Å². The van der Waals surface area contributed by atoms with E-state index in [4.69, 9.17) is 9.47 Å². The maximum absolute atomic E-state index is 12.4. The predicted molar refractivity (Wildman–Crippen MR) is 182 cm³/mol. The van der Waals surface area contributed by atoms with Crippen molar-refractivity contribution in [3.63, 3.8) is 0 Å². The van der Waals surface area contributed by atoms with Gasteiger partial charge in [-0.1, -0.05) is 100 Å². The third kappa shape index (κ3) is 11.4. The molecule has 0 saturated carbocycles. The second-order valence-corrected chi connectivity index (χ2v) is 16.3. The lowest BCUT2D eigenvalue weighted by Crippen LogP contribution is -2.18. The molecular formula is C37H56O6S. The van der Waals surface area contributed by atoms with E-state index < -0.39 is 0 Å². The van der Waals surface area contributed by atoms with Gasteiger partial charge in [-0.05, 0) is 68.4 Å². The van der Waals surface area contributed by atoms with Crippen molar-refractivity contribution in [2.24, 2.45) is 0 Å². The van der Waals surface area contributed by atoms with Gasteiger partial charge in [0.2, 0.25) is 0 Å². The molecule has 0 radical (unpaired) electrons. The molecule has 0 bridgehead atoms. The number of phenols is 2. The van der Waals surface area contributed by atoms with Gasteiger partial charge in [0.25, 0.3) is 0 Å². The van der Waals surface area contributed by atoms with Gasteiger partial charge in [-0.15, -0.1) is 0 Å². The minimum atomic E-state index is -0.246. The number of carbonyl (C=O) groups excluding carboxylic acids is 2. The third-order valence-corrected chi connectivity index (χ3v) is 8.54. The fourth-order valence-electron chi connectivity index (χ4n) is 5.03. The topological polar surface area (TPSA) is 93.1 Å². The molecule has 0 fully saturated rings. The van der Waals surface area contributed by atoms with E-state index in [1.807, 2.05) is 24.3 Å². The molecule has 0 heterocycles. The van der Waals surface area contributed by atoms with Gasteiger partial charge >= 0.3 is 11.9 Å². The van der Waals surface area contributed by atoms with Crippen molar-refractivity contribution in [3.05, 3.63) is 57.6 Å². The Morgan fingerprint density at radius 2 is 1.02 bits per heavy atom. The molecule has 7 heteroatoms. The number of hydrogen-bond donors (Lipinski definition) is 2. The van der Waals surface area contributed by atoms with Crippen LogP contribution in [0.1, 0.15) is 128 Å². The molecule has 2 rings (SSSR count). The SMILES string of the molecule is CC(C)c1cc(CCC(=O)OCCSCCOC(=O)CCc2cc(C(C)(C)C)c(O)c(C(C)(C)C)c2)cc(C(C)(C)C)c1O. The molecular weight excluding hydrogens is 572 g/mol. The molecule has 0 aliphatic heterocycles. The van der Waals surface area contributed by atoms with E-state index in [1.165, 1.54) is 0 Å². The molecule has 0 atom stereocenters. The molecule has 0 aromatic heterocycles. The number of esters is 2. The number of rotatable bonds is 13. The Labute approximate surface area is 270 Å². The largest absolute Gasteiger partial charge is 0.507 e. The summed E-state index contributed by atoms with van der Waals surface area (Å²) >= 11 is 1.58. The average molecular weight is 629 g/mol. The van der Waals surface area contributed by atoms with Crippen molar-refractivity contribution in [3.8, 4) is 11.5 Å². The zero-order valence-corrected chi connectivity index (χ0v) is 29.8. The van der Waals surface area contributed by atoms with E-state index in [2.05, 4.69) is 76.2 Å². The van der Waals surface area contributed by atoms with Crippen LogP contribution in [0.15, 0.2) is 24.3 Å². The van der Waals surface area contributed by atoms with Gasteiger partial charge in [0, 0.05) is 24.3 Å². The van der Waals surface area contributed by atoms with Crippen LogP contribution < -0.4 is 0 Å². The van der Waals surface area contributed by atoms with Gasteiger partial charge in [0.1, 0.15) is 24.7 Å². The monoisotopic (exact) mass is 628 g/mol. The first-order valence-corrected chi connectivity index (χ1v) is 17.0. The molecule has 0 spiro atoms. The molecule has 0 saturated heterocycles. The van der Waals surface area contributed by atoms with E-state index in [-0.39, 0.29) is 46.9 Å². The van der Waals surface area contributed by atoms with Crippen LogP contribution in [0.3, 0.4) is 0 Å². The van der Waals surface area contributed by atoms with Crippen molar-refractivity contribution in [2.45, 2.75) is 124 Å². The van der Waals surface area contributed by atoms with E-state index in [1.54, 1.807) is 11.8 Å². The number of hydrogen-bond acceptors (Lipinski definition) is 7. The molecule has 0 unspecified atom stereocenters. The first-order valence-electron chi connectivity index (χ1n) is 15.8. The molecule has 0 amide bonds. The number of thioether (sulfide) groups is 1. The third-order valence-electron chi connectivity index (χ3n) is 7.63. The van der Waals surface area contributed by atoms with Crippen molar-refractivity contribution in [2.75, 3.05) is 24.7 Å². The Balaban J connectivity index is 1.73. The first-order chi connectivity index (χ1) is 20.2. The summed E-state index contributed by atoms with van der Waals surface area (Å²) in [5.74, 6) is 1.64. The molecule has 6 nitrogen and oxygen atoms in total. The van der Waals surface area contributed by atoms with E-state index in [0.29, 0.717) is 49.1 Å². The molecule has 2 N–H and O–H groups in total. The second kappa shape index (κ2) is 15.6. The van der Waals surface area contributed by atoms with Crippen LogP contribution >= 0.6 is 11.8 Å². The van der Waals surface area contributed by atoms with Gasteiger partial charge in [0.05, 0.1) is 0 Å². The molecule has 2 aromatic carbocycles. The molecule has 0 aliphatic rings. The zero-order chi connectivity index (χ0) is 33.5. The highest BCUT2D eigenvalue weighted by Gasteiger charge is 2.27. The Morgan fingerprint density at radius 3 is 1.39 bits per heavy atom. The summed E-state index contributed by atoms with van der Waals surface area (Å²) in [6, 6.07) is 8.01. The average Bonchev–Trinajstić information content (AvgIpc) is 2.89. The fraction of sp³-hybridized carbons (Fsp3) is 0.622. The van der Waals surface area contributed by atoms with E-state index in [9.17, 15) is 19.8 Å². The van der Waals surface area contributed by atoms with Gasteiger partial charge in [-0.2, -0.15) is 11.8 Å². The van der Waals surface area contributed by atoms with Crippen LogP contribution in [-0.2, 0) is 48.1 Å². The maximum atomic E-state index is 12.4. The quantitative estimate of drug-likeness (QED) is 0.170. The van der Waals surface area contributed by atoms with Gasteiger partial charge < -0.3 is 19.7 Å². The summed E-state index contributed by atoms with van der Waals surface area (Å²) < 4.78 is 10.8. The highest BCUT2D eigenvalue weighted by Crippen LogP contribution is 2.40. The lowest BCUT2D eigenvalue weighted by molar-refractivity contribution is -0.143. The van der Waals surface area contributed by atoms with Gasteiger partial charge in [0.15, 0.2) is 0 Å². The highest BCUT2D eigenvalue weighted by atomic mass is 32.2. The van der Waals surface area contributed by atoms with Gasteiger partial charge in [-0.25, -0.2) is 0 Å². The Hall–Kier alpha value is -2.67. The lowest BCUT2D eigenvalue weighted by atomic mass is 9.78. The number of aromatic hydroxyl groups is 2. The van der Waals surface area contributed by atoms with Crippen LogP contribution in [0.5, 0.6) is 11.5 Å². The summed E-state index contributed by atoms with van der Waals surface area (Å²) in [7, 11) is 0. The van der Waals surface area contributed by atoms with Crippen molar-refractivity contribution < 1.29 is 29.3 Å². The maximum Gasteiger partial charge on any atom is 0.306 e. The zero-order valence-electron chi connectivity index (χ0n) is 29.0. The summed E-state index contributed by atoms with van der Waals surface area (Å²) in [5, 5.41) is 21.7. The van der Waals surface area contributed by atoms with E-state index >= 15 is 0 Å². The van der Waals surface area contributed by atoms with Gasteiger partial charge in [-0.3, -0.25) is 9.59 Å². The molecule has 44 heavy (non-hydrogen) atoms. The molecule has 246 valence electrons. The summed E-state index contributed by atoms with van der Waals surface area (Å²) in [5.41, 5.74) is 5.00. The number of aryl methyl sites for hydroxylation is 2. The minimum absolute atomic E-state index is 0.182. The summed E-state index contributed by atoms with van der Waals surface area (Å²) in [6.07, 6.45) is 1.67. The standard InChI is InChI=1S/C37H56O6S/c1-24(2)27-20-25(21-28(33(27)40)35(3,4)5)12-14-31(38)42-16-18-44-19-17-43-32(39)15-13-26-22-29(36(6,7)8)34(41)30(23-26)37(9,10)11/h20-24,40-41H,12-19H2,1-11H3. The number of carbonyl (C=O) groups is 2. The van der Waals surface area contributed by atoms with Crippen molar-refractivity contribution >= 4 is 23.7 Å². The minimum Gasteiger partial charge on any atom is -0.507 e. The predicted octanol–water partition coefficient (Wildman–Crippen LogP) is 8.50. The van der Waals surface area contributed by atoms with Crippen LogP contribution in [0.25, 0.3) is 0 Å². The fourth-order valence-corrected chi connectivity index (χ4v) is 5.63. The Kier molecular flexibility index (Phi) is 13.3. The van der Waals surface area contributed by atoms with Crippen LogP contribution in [0.4, 0.5) is 0 Å². The summed E-state index contributed by atoms with van der Waals surface area (Å²) in [6.45, 7) is 23.4. The van der Waals surface area contributed by atoms with Crippen LogP contribution in [0, 0.1) is 0 Å². The molecule has 0 aliphatic carbocycles. The smallest absolute Gasteiger partial charge is 0.306 e. The number of phenolic OH excluding ortho intramolecular Hbond substituents is 2. The van der Waals surface area contributed by atoms with Crippen LogP contribution in [-0.4, -0.2) is 46.9 Å². The summed E-state index contributed by atoms with van der Waals surface area (Å²) in [4.78, 5) is 24.8.